The SMILES string of the molecule is O=C(COc1ccc(Cl)cc1)Nc1ccc(C(=O)O)cn1. The van der Waals surface area contributed by atoms with Gasteiger partial charge < -0.3 is 15.2 Å². The number of anilines is 1. The number of rotatable bonds is 5. The van der Waals surface area contributed by atoms with Crippen molar-refractivity contribution >= 4 is 29.3 Å². The lowest BCUT2D eigenvalue weighted by atomic mass is 10.3. The molecule has 6 nitrogen and oxygen atoms in total. The highest BCUT2D eigenvalue weighted by atomic mass is 35.5. The van der Waals surface area contributed by atoms with Gasteiger partial charge in [0.15, 0.2) is 6.61 Å². The lowest BCUT2D eigenvalue weighted by Crippen LogP contribution is -2.20. The first-order valence-corrected chi connectivity index (χ1v) is 6.30. The summed E-state index contributed by atoms with van der Waals surface area (Å²) in [5.74, 6) is -0.708. The number of hydrogen-bond acceptors (Lipinski definition) is 4. The van der Waals surface area contributed by atoms with Crippen molar-refractivity contribution < 1.29 is 19.4 Å². The van der Waals surface area contributed by atoms with Crippen molar-refractivity contribution in [3.05, 3.63) is 53.2 Å². The largest absolute Gasteiger partial charge is 0.484 e. The van der Waals surface area contributed by atoms with Gasteiger partial charge in [0.05, 0.1) is 5.56 Å². The molecule has 2 rings (SSSR count). The molecule has 0 fully saturated rings. The third-order valence-corrected chi connectivity index (χ3v) is 2.71. The van der Waals surface area contributed by atoms with Gasteiger partial charge in [0.25, 0.3) is 5.91 Å². The van der Waals surface area contributed by atoms with Crippen LogP contribution in [0.3, 0.4) is 0 Å². The molecule has 0 saturated carbocycles. The van der Waals surface area contributed by atoms with Gasteiger partial charge in [-0.3, -0.25) is 4.79 Å². The number of carbonyl (C=O) groups excluding carboxylic acids is 1. The number of nitrogens with zero attached hydrogens (tertiary/aromatic N) is 1. The fraction of sp³-hybridized carbons (Fsp3) is 0.0714. The summed E-state index contributed by atoms with van der Waals surface area (Å²) in [6, 6.07) is 9.36. The summed E-state index contributed by atoms with van der Waals surface area (Å²) < 4.78 is 5.26. The number of aromatic carboxylic acids is 1. The number of carboxylic acids is 1. The number of carbonyl (C=O) groups is 2. The molecule has 21 heavy (non-hydrogen) atoms. The Bertz CT molecular complexity index is 641. The van der Waals surface area contributed by atoms with Crippen molar-refractivity contribution in [2.24, 2.45) is 0 Å². The molecule has 2 N–H and O–H groups in total. The van der Waals surface area contributed by atoms with E-state index < -0.39 is 11.9 Å². The van der Waals surface area contributed by atoms with Gasteiger partial charge in [0, 0.05) is 11.2 Å². The second kappa shape index (κ2) is 6.71. The first-order chi connectivity index (χ1) is 10.0. The number of pyridine rings is 1. The molecule has 1 aromatic carbocycles. The number of hydrogen-bond donors (Lipinski definition) is 2. The topological polar surface area (TPSA) is 88.5 Å². The molecular weight excluding hydrogens is 296 g/mol. The molecule has 0 bridgehead atoms. The van der Waals surface area contributed by atoms with Crippen molar-refractivity contribution in [1.29, 1.82) is 0 Å². The van der Waals surface area contributed by atoms with Crippen LogP contribution in [0, 0.1) is 0 Å². The zero-order valence-electron chi connectivity index (χ0n) is 10.7. The maximum atomic E-state index is 11.7. The predicted octanol–water partition coefficient (Wildman–Crippen LogP) is 2.45. The molecule has 0 unspecified atom stereocenters. The highest BCUT2D eigenvalue weighted by Crippen LogP contribution is 2.15. The molecule has 0 spiro atoms. The number of benzene rings is 1. The minimum atomic E-state index is -1.08. The minimum Gasteiger partial charge on any atom is -0.484 e. The molecule has 1 aromatic heterocycles. The standard InChI is InChI=1S/C14H11ClN2O4/c15-10-2-4-11(5-3-10)21-8-13(18)17-12-6-1-9(7-16-12)14(19)20/h1-7H,8H2,(H,19,20)(H,16,17,18). The Kier molecular flexibility index (Phi) is 4.73. The molecule has 0 aliphatic carbocycles. The van der Waals surface area contributed by atoms with Crippen LogP contribution in [-0.4, -0.2) is 28.6 Å². The van der Waals surface area contributed by atoms with Crippen LogP contribution in [0.25, 0.3) is 0 Å². The van der Waals surface area contributed by atoms with Crippen molar-refractivity contribution in [3.63, 3.8) is 0 Å². The van der Waals surface area contributed by atoms with Gasteiger partial charge in [-0.05, 0) is 36.4 Å². The Morgan fingerprint density at radius 3 is 2.48 bits per heavy atom. The Hall–Kier alpha value is -2.60. The number of halogens is 1. The third kappa shape index (κ3) is 4.47. The second-order valence-corrected chi connectivity index (χ2v) is 4.46. The molecule has 1 amide bonds. The summed E-state index contributed by atoms with van der Waals surface area (Å²) in [6.07, 6.45) is 1.16. The molecular formula is C14H11ClN2O4. The van der Waals surface area contributed by atoms with E-state index >= 15 is 0 Å². The quantitative estimate of drug-likeness (QED) is 0.885. The van der Waals surface area contributed by atoms with Crippen LogP contribution < -0.4 is 10.1 Å². The van der Waals surface area contributed by atoms with Crippen LogP contribution in [0.15, 0.2) is 42.6 Å². The summed E-state index contributed by atoms with van der Waals surface area (Å²) in [5.41, 5.74) is 0.0467. The third-order valence-electron chi connectivity index (χ3n) is 2.46. The van der Waals surface area contributed by atoms with Crippen molar-refractivity contribution in [2.75, 3.05) is 11.9 Å². The lowest BCUT2D eigenvalue weighted by molar-refractivity contribution is -0.118. The molecule has 1 heterocycles. The normalized spacial score (nSPS) is 9.95. The molecule has 2 aromatic rings. The van der Waals surface area contributed by atoms with Gasteiger partial charge in [0.1, 0.15) is 11.6 Å². The zero-order chi connectivity index (χ0) is 15.2. The van der Waals surface area contributed by atoms with E-state index in [0.29, 0.717) is 10.8 Å². The van der Waals surface area contributed by atoms with E-state index in [1.54, 1.807) is 24.3 Å². The molecule has 0 saturated heterocycles. The van der Waals surface area contributed by atoms with E-state index in [-0.39, 0.29) is 18.0 Å². The maximum Gasteiger partial charge on any atom is 0.337 e. The number of aromatic nitrogens is 1. The lowest BCUT2D eigenvalue weighted by Gasteiger charge is -2.07. The first-order valence-electron chi connectivity index (χ1n) is 5.92. The highest BCUT2D eigenvalue weighted by molar-refractivity contribution is 6.30. The monoisotopic (exact) mass is 306 g/mol. The van der Waals surface area contributed by atoms with E-state index in [9.17, 15) is 9.59 Å². The number of amides is 1. The average molecular weight is 307 g/mol. The number of nitrogens with one attached hydrogen (secondary N) is 1. The summed E-state index contributed by atoms with van der Waals surface area (Å²) in [6.45, 7) is -0.190. The summed E-state index contributed by atoms with van der Waals surface area (Å²) >= 11 is 5.73. The van der Waals surface area contributed by atoms with Gasteiger partial charge in [-0.1, -0.05) is 11.6 Å². The average Bonchev–Trinajstić information content (AvgIpc) is 2.47. The van der Waals surface area contributed by atoms with E-state index in [2.05, 4.69) is 10.3 Å². The Labute approximate surface area is 125 Å². The second-order valence-electron chi connectivity index (χ2n) is 4.03. The van der Waals surface area contributed by atoms with Crippen LogP contribution in [0.2, 0.25) is 5.02 Å². The Morgan fingerprint density at radius 1 is 1.19 bits per heavy atom. The van der Waals surface area contributed by atoms with E-state index in [0.717, 1.165) is 6.20 Å². The van der Waals surface area contributed by atoms with E-state index in [1.807, 2.05) is 0 Å². The van der Waals surface area contributed by atoms with Gasteiger partial charge in [0.2, 0.25) is 0 Å². The van der Waals surface area contributed by atoms with Crippen LogP contribution >= 0.6 is 11.6 Å². The minimum absolute atomic E-state index is 0.0467. The fourth-order valence-corrected chi connectivity index (χ4v) is 1.58. The van der Waals surface area contributed by atoms with Gasteiger partial charge in [-0.15, -0.1) is 0 Å². The number of carboxylic acid groups (broad SMARTS) is 1. The summed E-state index contributed by atoms with van der Waals surface area (Å²) in [5, 5.41) is 11.8. The Balaban J connectivity index is 1.86. The van der Waals surface area contributed by atoms with Crippen molar-refractivity contribution in [1.82, 2.24) is 4.98 Å². The van der Waals surface area contributed by atoms with Crippen LogP contribution in [0.5, 0.6) is 5.75 Å². The first kappa shape index (κ1) is 14.8. The zero-order valence-corrected chi connectivity index (χ0v) is 11.5. The van der Waals surface area contributed by atoms with E-state index in [4.69, 9.17) is 21.4 Å². The smallest absolute Gasteiger partial charge is 0.337 e. The summed E-state index contributed by atoms with van der Waals surface area (Å²) in [4.78, 5) is 26.1. The Morgan fingerprint density at radius 2 is 1.90 bits per heavy atom. The summed E-state index contributed by atoms with van der Waals surface area (Å²) in [7, 11) is 0. The van der Waals surface area contributed by atoms with Gasteiger partial charge in [-0.25, -0.2) is 9.78 Å². The van der Waals surface area contributed by atoms with Gasteiger partial charge in [-0.2, -0.15) is 0 Å². The molecule has 108 valence electrons. The highest BCUT2D eigenvalue weighted by Gasteiger charge is 2.07. The van der Waals surface area contributed by atoms with Crippen LogP contribution in [0.1, 0.15) is 10.4 Å². The van der Waals surface area contributed by atoms with Crippen LogP contribution in [0.4, 0.5) is 5.82 Å². The predicted molar refractivity (Wildman–Crippen MR) is 76.8 cm³/mol. The fourth-order valence-electron chi connectivity index (χ4n) is 1.45. The maximum absolute atomic E-state index is 11.7. The molecule has 0 aliphatic heterocycles. The molecule has 7 heteroatoms. The molecule has 0 radical (unpaired) electrons. The van der Waals surface area contributed by atoms with Gasteiger partial charge >= 0.3 is 5.97 Å². The van der Waals surface area contributed by atoms with Crippen molar-refractivity contribution in [2.45, 2.75) is 0 Å². The molecule has 0 atom stereocenters. The molecule has 0 aliphatic rings. The van der Waals surface area contributed by atoms with Crippen molar-refractivity contribution in [3.8, 4) is 5.75 Å². The number of ether oxygens (including phenoxy) is 1. The van der Waals surface area contributed by atoms with Crippen LogP contribution in [-0.2, 0) is 4.79 Å². The van der Waals surface area contributed by atoms with E-state index in [1.165, 1.54) is 12.1 Å².